The summed E-state index contributed by atoms with van der Waals surface area (Å²) in [5.74, 6) is 0. The Bertz CT molecular complexity index is 170. The minimum Gasteiger partial charge on any atom is -0.372 e. The zero-order chi connectivity index (χ0) is 6.10. The van der Waals surface area contributed by atoms with Crippen molar-refractivity contribution in [1.29, 1.82) is 0 Å². The highest BCUT2D eigenvalue weighted by molar-refractivity contribution is 5.24. The Hall–Kier alpha value is -0.760. The van der Waals surface area contributed by atoms with E-state index in [9.17, 15) is 0 Å². The van der Waals surface area contributed by atoms with Crippen molar-refractivity contribution in [3.63, 3.8) is 0 Å². The van der Waals surface area contributed by atoms with Crippen LogP contribution in [0.4, 0.5) is 0 Å². The number of fused-ring (bicyclic) bond motifs is 1. The molecule has 48 valence electrons. The van der Waals surface area contributed by atoms with Gasteiger partial charge in [0.15, 0.2) is 0 Å². The fourth-order valence-electron chi connectivity index (χ4n) is 1.31. The number of dihydropyridines is 1. The van der Waals surface area contributed by atoms with Crippen LogP contribution in [0, 0.1) is 0 Å². The van der Waals surface area contributed by atoms with E-state index in [1.807, 2.05) is 6.20 Å². The van der Waals surface area contributed by atoms with Gasteiger partial charge in [-0.25, -0.2) is 0 Å². The SMILES string of the molecule is C1=CNC2NCCC2=C1. The summed E-state index contributed by atoms with van der Waals surface area (Å²) in [5, 5.41) is 6.55. The smallest absolute Gasteiger partial charge is 0.0990 e. The zero-order valence-corrected chi connectivity index (χ0v) is 5.22. The maximum absolute atomic E-state index is 3.33. The largest absolute Gasteiger partial charge is 0.372 e. The maximum Gasteiger partial charge on any atom is 0.0990 e. The summed E-state index contributed by atoms with van der Waals surface area (Å²) in [6.45, 7) is 1.12. The van der Waals surface area contributed by atoms with Crippen LogP contribution in [0.1, 0.15) is 6.42 Å². The van der Waals surface area contributed by atoms with E-state index >= 15 is 0 Å². The number of allylic oxidation sites excluding steroid dienone is 2. The van der Waals surface area contributed by atoms with Crippen LogP contribution >= 0.6 is 0 Å². The summed E-state index contributed by atoms with van der Waals surface area (Å²) >= 11 is 0. The minimum atomic E-state index is 0.440. The molecule has 9 heavy (non-hydrogen) atoms. The minimum absolute atomic E-state index is 0.440. The molecule has 0 amide bonds. The number of hydrogen-bond acceptors (Lipinski definition) is 2. The van der Waals surface area contributed by atoms with Gasteiger partial charge in [0.25, 0.3) is 0 Å². The maximum atomic E-state index is 3.33. The van der Waals surface area contributed by atoms with Crippen molar-refractivity contribution in [2.75, 3.05) is 6.54 Å². The highest BCUT2D eigenvalue weighted by Gasteiger charge is 2.18. The lowest BCUT2D eigenvalue weighted by atomic mass is 10.1. The molecular weight excluding hydrogens is 112 g/mol. The van der Waals surface area contributed by atoms with Crippen LogP contribution in [0.5, 0.6) is 0 Å². The van der Waals surface area contributed by atoms with E-state index in [1.165, 1.54) is 12.0 Å². The summed E-state index contributed by atoms with van der Waals surface area (Å²) in [5.41, 5.74) is 1.48. The second-order valence-electron chi connectivity index (χ2n) is 2.40. The van der Waals surface area contributed by atoms with E-state index in [0.29, 0.717) is 6.17 Å². The molecule has 2 aliphatic heterocycles. The van der Waals surface area contributed by atoms with Crippen LogP contribution in [0.15, 0.2) is 23.9 Å². The molecule has 0 spiro atoms. The molecule has 0 aromatic rings. The van der Waals surface area contributed by atoms with Gasteiger partial charge in [0.2, 0.25) is 0 Å². The zero-order valence-electron chi connectivity index (χ0n) is 5.22. The number of rotatable bonds is 0. The average Bonchev–Trinajstić information content (AvgIpc) is 2.33. The lowest BCUT2D eigenvalue weighted by molar-refractivity contribution is 0.605. The molecule has 2 N–H and O–H groups in total. The van der Waals surface area contributed by atoms with Crippen LogP contribution in [-0.2, 0) is 0 Å². The topological polar surface area (TPSA) is 24.1 Å². The molecule has 2 rings (SSSR count). The molecule has 2 heteroatoms. The second kappa shape index (κ2) is 1.88. The number of hydrogen-bond donors (Lipinski definition) is 2. The lowest BCUT2D eigenvalue weighted by Crippen LogP contribution is -2.35. The molecule has 1 atom stereocenters. The van der Waals surface area contributed by atoms with Crippen molar-refractivity contribution < 1.29 is 0 Å². The van der Waals surface area contributed by atoms with Crippen molar-refractivity contribution in [2.24, 2.45) is 0 Å². The Labute approximate surface area is 54.6 Å². The lowest BCUT2D eigenvalue weighted by Gasteiger charge is -2.14. The average molecular weight is 122 g/mol. The third kappa shape index (κ3) is 0.754. The molecule has 0 aromatic heterocycles. The van der Waals surface area contributed by atoms with Gasteiger partial charge in [-0.1, -0.05) is 6.08 Å². The Balaban J connectivity index is 2.23. The van der Waals surface area contributed by atoms with Crippen LogP contribution < -0.4 is 10.6 Å². The molecular formula is C7H10N2. The van der Waals surface area contributed by atoms with Crippen molar-refractivity contribution in [1.82, 2.24) is 10.6 Å². The second-order valence-corrected chi connectivity index (χ2v) is 2.40. The molecule has 2 heterocycles. The molecule has 2 aliphatic rings. The van der Waals surface area contributed by atoms with Crippen LogP contribution in [0.2, 0.25) is 0 Å². The molecule has 0 saturated carbocycles. The fraction of sp³-hybridized carbons (Fsp3) is 0.429. The molecule has 1 fully saturated rings. The Morgan fingerprint density at radius 3 is 3.44 bits per heavy atom. The molecule has 1 saturated heterocycles. The summed E-state index contributed by atoms with van der Waals surface area (Å²) < 4.78 is 0. The summed E-state index contributed by atoms with van der Waals surface area (Å²) in [6, 6.07) is 0. The predicted molar refractivity (Wildman–Crippen MR) is 36.8 cm³/mol. The van der Waals surface area contributed by atoms with Gasteiger partial charge in [-0.15, -0.1) is 0 Å². The van der Waals surface area contributed by atoms with E-state index in [1.54, 1.807) is 0 Å². The van der Waals surface area contributed by atoms with Crippen molar-refractivity contribution in [2.45, 2.75) is 12.6 Å². The van der Waals surface area contributed by atoms with Gasteiger partial charge in [0.1, 0.15) is 0 Å². The highest BCUT2D eigenvalue weighted by atomic mass is 15.1. The Morgan fingerprint density at radius 2 is 2.56 bits per heavy atom. The highest BCUT2D eigenvalue weighted by Crippen LogP contribution is 2.14. The molecule has 0 bridgehead atoms. The van der Waals surface area contributed by atoms with Crippen LogP contribution in [0.3, 0.4) is 0 Å². The third-order valence-electron chi connectivity index (χ3n) is 1.80. The first kappa shape index (κ1) is 5.06. The normalized spacial score (nSPS) is 31.1. The molecule has 1 unspecified atom stereocenters. The van der Waals surface area contributed by atoms with Gasteiger partial charge in [-0.2, -0.15) is 0 Å². The standard InChI is InChI=1S/C7H10N2/c1-2-6-3-5-9-7(6)8-4-1/h1-2,4,7-9H,3,5H2. The van der Waals surface area contributed by atoms with E-state index in [-0.39, 0.29) is 0 Å². The summed E-state index contributed by atoms with van der Waals surface area (Å²) in [6.07, 6.45) is 7.85. The molecule has 0 radical (unpaired) electrons. The van der Waals surface area contributed by atoms with Crippen LogP contribution in [0.25, 0.3) is 0 Å². The van der Waals surface area contributed by atoms with E-state index < -0.39 is 0 Å². The molecule has 0 aliphatic carbocycles. The number of nitrogens with one attached hydrogen (secondary N) is 2. The van der Waals surface area contributed by atoms with Gasteiger partial charge in [-0.05, 0) is 24.3 Å². The van der Waals surface area contributed by atoms with E-state index in [2.05, 4.69) is 22.8 Å². The molecule has 2 nitrogen and oxygen atoms in total. The first-order valence-corrected chi connectivity index (χ1v) is 3.32. The van der Waals surface area contributed by atoms with Gasteiger partial charge in [0.05, 0.1) is 6.17 Å². The Kier molecular flexibility index (Phi) is 1.06. The van der Waals surface area contributed by atoms with Gasteiger partial charge >= 0.3 is 0 Å². The summed E-state index contributed by atoms with van der Waals surface area (Å²) in [4.78, 5) is 0. The predicted octanol–water partition coefficient (Wildman–Crippen LogP) is 0.349. The third-order valence-corrected chi connectivity index (χ3v) is 1.80. The quantitative estimate of drug-likeness (QED) is 0.484. The van der Waals surface area contributed by atoms with E-state index in [0.717, 1.165) is 6.54 Å². The first-order valence-electron chi connectivity index (χ1n) is 3.32. The first-order chi connectivity index (χ1) is 4.47. The fourth-order valence-corrected chi connectivity index (χ4v) is 1.31. The summed E-state index contributed by atoms with van der Waals surface area (Å²) in [7, 11) is 0. The van der Waals surface area contributed by atoms with Gasteiger partial charge in [-0.3, -0.25) is 5.32 Å². The van der Waals surface area contributed by atoms with Crippen LogP contribution in [-0.4, -0.2) is 12.7 Å². The Morgan fingerprint density at radius 1 is 1.56 bits per heavy atom. The van der Waals surface area contributed by atoms with Crippen molar-refractivity contribution in [3.8, 4) is 0 Å². The van der Waals surface area contributed by atoms with Crippen molar-refractivity contribution in [3.05, 3.63) is 23.9 Å². The van der Waals surface area contributed by atoms with Gasteiger partial charge in [0, 0.05) is 6.54 Å². The van der Waals surface area contributed by atoms with E-state index in [4.69, 9.17) is 0 Å². The van der Waals surface area contributed by atoms with Gasteiger partial charge < -0.3 is 5.32 Å². The van der Waals surface area contributed by atoms with Crippen molar-refractivity contribution >= 4 is 0 Å². The monoisotopic (exact) mass is 122 g/mol. The molecule has 0 aromatic carbocycles.